The Balaban J connectivity index is 0.00000822. The van der Waals surface area contributed by atoms with E-state index in [2.05, 4.69) is 100 Å². The highest BCUT2D eigenvalue weighted by atomic mass is 35.5. The fraction of sp³-hybridized carbons (Fsp3) is 0.370. The van der Waals surface area contributed by atoms with Gasteiger partial charge in [-0.15, -0.1) is 32.8 Å². The molecule has 2 aliphatic heterocycles. The molecule has 2 atom stereocenters. The van der Waals surface area contributed by atoms with Gasteiger partial charge < -0.3 is 50.0 Å². The fourth-order valence-electron chi connectivity index (χ4n) is 9.35. The second-order valence-electron chi connectivity index (χ2n) is 18.9. The van der Waals surface area contributed by atoms with Crippen molar-refractivity contribution in [1.29, 1.82) is 0 Å². The molecule has 0 radical (unpaired) electrons. The first-order valence-corrected chi connectivity index (χ1v) is 27.0. The molecular weight excluding hydrogens is 1120 g/mol. The first kappa shape index (κ1) is 59.1. The Morgan fingerprint density at radius 3 is 1.37 bits per heavy atom. The Kier molecular flexibility index (Phi) is 21.6. The topological polar surface area (TPSA) is 213 Å². The van der Waals surface area contributed by atoms with Gasteiger partial charge in [0.25, 0.3) is 0 Å². The van der Waals surface area contributed by atoms with E-state index in [1.807, 2.05) is 36.4 Å². The number of carbonyl (C=O) groups is 2. The second kappa shape index (κ2) is 28.9. The van der Waals surface area contributed by atoms with E-state index in [1.165, 1.54) is 9.59 Å². The lowest BCUT2D eigenvalue weighted by Crippen LogP contribution is -2.32. The van der Waals surface area contributed by atoms with Crippen LogP contribution in [-0.4, -0.2) is 155 Å². The number of anilines is 2. The number of halogens is 5. The van der Waals surface area contributed by atoms with E-state index in [9.17, 15) is 9.59 Å². The molecular formula is C54H61Cl5N14O6. The van der Waals surface area contributed by atoms with Crippen LogP contribution in [0.5, 0.6) is 0 Å². The van der Waals surface area contributed by atoms with Crippen LogP contribution in [0, 0.1) is 0 Å². The average molecular weight is 1180 g/mol. The number of nitrogens with one attached hydrogen (secondary N) is 4. The summed E-state index contributed by atoms with van der Waals surface area (Å²) in [5, 5.41) is 39.8. The van der Waals surface area contributed by atoms with Crippen molar-refractivity contribution in [2.75, 3.05) is 104 Å². The van der Waals surface area contributed by atoms with Gasteiger partial charge in [0.2, 0.25) is 11.6 Å². The van der Waals surface area contributed by atoms with E-state index in [4.69, 9.17) is 65.4 Å². The first-order valence-electron chi connectivity index (χ1n) is 25.5. The molecule has 0 spiro atoms. The van der Waals surface area contributed by atoms with Gasteiger partial charge in [-0.25, -0.2) is 9.59 Å². The number of carbonyl (C=O) groups excluding carboxylic acids is 2. The van der Waals surface area contributed by atoms with Crippen LogP contribution < -0.4 is 21.3 Å². The number of nitrogens with zero attached hydrogens (tertiary/aromatic N) is 10. The van der Waals surface area contributed by atoms with Crippen molar-refractivity contribution in [3.63, 3.8) is 0 Å². The molecule has 0 saturated heterocycles. The summed E-state index contributed by atoms with van der Waals surface area (Å²) >= 11 is 26.0. The van der Waals surface area contributed by atoms with Crippen molar-refractivity contribution in [3.8, 4) is 22.8 Å². The van der Waals surface area contributed by atoms with Crippen molar-refractivity contribution in [2.45, 2.75) is 38.0 Å². The number of hydrogen-bond acceptors (Lipinski definition) is 14. The third-order valence-corrected chi connectivity index (χ3v) is 14.2. The summed E-state index contributed by atoms with van der Waals surface area (Å²) < 4.78 is 22.6. The van der Waals surface area contributed by atoms with Crippen LogP contribution in [0.4, 0.5) is 21.0 Å². The van der Waals surface area contributed by atoms with E-state index in [0.29, 0.717) is 122 Å². The number of ether oxygens (including phenoxy) is 4. The molecule has 418 valence electrons. The van der Waals surface area contributed by atoms with Gasteiger partial charge in [0.15, 0.2) is 0 Å². The maximum Gasteiger partial charge on any atom is 0.319 e. The third kappa shape index (κ3) is 16.5. The molecule has 4 amide bonds. The van der Waals surface area contributed by atoms with Gasteiger partial charge in [0.1, 0.15) is 0 Å². The van der Waals surface area contributed by atoms with Gasteiger partial charge in [0.05, 0.1) is 65.9 Å². The fourth-order valence-corrected chi connectivity index (χ4v) is 10.5. The summed E-state index contributed by atoms with van der Waals surface area (Å²) in [6.07, 6.45) is 0. The van der Waals surface area contributed by atoms with Crippen LogP contribution >= 0.6 is 58.8 Å². The minimum absolute atomic E-state index is 0. The standard InChI is InChI=1S/C54H60Cl4N14O6.ClH/c1-69-31-45(43-27-39(55)29-49(57)47(43)33-69)35-5-3-7-37(25-35)51-63-67-71(65-51)15-19-77-23-21-75-17-13-59-53(73)61-41-9-11-42(12-10-41)62-54(74)60-14-18-76-22-24-78-20-16-72-66-52(64-68-72)38-8-4-6-36(26-38)46-32-70(2)34-48-44(46)28-40(56)30-50(48)58;/h3-12,25-30,45-46H,13-24,31-34H2,1-2H3,(H2,59,61,73)(H2,60,62,74);1H/t45-,46-;/m0./s1. The largest absolute Gasteiger partial charge is 0.377 e. The number of likely N-dealkylation sites (N-methyl/N-ethyl adjacent to an activating group) is 2. The van der Waals surface area contributed by atoms with Gasteiger partial charge in [-0.1, -0.05) is 82.8 Å². The van der Waals surface area contributed by atoms with Gasteiger partial charge in [-0.05, 0) is 119 Å². The van der Waals surface area contributed by atoms with Gasteiger partial charge in [-0.2, -0.15) is 9.59 Å². The number of hydrogen-bond donors (Lipinski definition) is 4. The summed E-state index contributed by atoms with van der Waals surface area (Å²) in [6, 6.07) is 29.9. The summed E-state index contributed by atoms with van der Waals surface area (Å²) in [6.45, 7) is 7.38. The minimum Gasteiger partial charge on any atom is -0.377 e. The van der Waals surface area contributed by atoms with Crippen LogP contribution in [0.2, 0.25) is 20.1 Å². The van der Waals surface area contributed by atoms with E-state index in [1.54, 1.807) is 36.4 Å². The van der Waals surface area contributed by atoms with Crippen LogP contribution in [-0.2, 0) is 45.1 Å². The summed E-state index contributed by atoms with van der Waals surface area (Å²) in [5.41, 5.74) is 9.54. The molecule has 5 aromatic carbocycles. The zero-order chi connectivity index (χ0) is 54.4. The molecule has 2 aliphatic rings. The van der Waals surface area contributed by atoms with Gasteiger partial charge >= 0.3 is 12.1 Å². The van der Waals surface area contributed by atoms with Crippen molar-refractivity contribution in [3.05, 3.63) is 151 Å². The molecule has 7 aromatic rings. The van der Waals surface area contributed by atoms with Gasteiger partial charge in [-0.3, -0.25) is 0 Å². The highest BCUT2D eigenvalue weighted by Gasteiger charge is 2.29. The molecule has 0 aliphatic carbocycles. The Morgan fingerprint density at radius 2 is 0.949 bits per heavy atom. The summed E-state index contributed by atoms with van der Waals surface area (Å²) in [5.74, 6) is 1.24. The van der Waals surface area contributed by atoms with Crippen LogP contribution in [0.3, 0.4) is 0 Å². The van der Waals surface area contributed by atoms with Crippen molar-refractivity contribution >= 4 is 82.2 Å². The first-order chi connectivity index (χ1) is 37.9. The highest BCUT2D eigenvalue weighted by molar-refractivity contribution is 6.35. The Morgan fingerprint density at radius 1 is 0.544 bits per heavy atom. The van der Waals surface area contributed by atoms with Crippen molar-refractivity contribution in [1.82, 2.24) is 60.8 Å². The lowest BCUT2D eigenvalue weighted by atomic mass is 9.84. The molecule has 0 unspecified atom stereocenters. The Labute approximate surface area is 484 Å². The lowest BCUT2D eigenvalue weighted by Gasteiger charge is -2.33. The van der Waals surface area contributed by atoms with Crippen LogP contribution in [0.25, 0.3) is 22.8 Å². The monoisotopic (exact) mass is 1180 g/mol. The zero-order valence-electron chi connectivity index (χ0n) is 43.5. The van der Waals surface area contributed by atoms with Crippen molar-refractivity contribution < 1.29 is 28.5 Å². The minimum atomic E-state index is -0.389. The second-order valence-corrected chi connectivity index (χ2v) is 20.6. The van der Waals surface area contributed by atoms with Crippen LogP contribution in [0.15, 0.2) is 97.1 Å². The lowest BCUT2D eigenvalue weighted by molar-refractivity contribution is 0.0444. The molecule has 4 N–H and O–H groups in total. The highest BCUT2D eigenvalue weighted by Crippen LogP contribution is 2.41. The number of urea groups is 2. The third-order valence-electron chi connectivity index (χ3n) is 13.1. The number of benzene rings is 5. The number of tetrazole rings is 2. The molecule has 0 fully saturated rings. The quantitative estimate of drug-likeness (QED) is 0.0416. The molecule has 2 aromatic heterocycles. The molecule has 9 rings (SSSR count). The Bertz CT molecular complexity index is 2940. The van der Waals surface area contributed by atoms with Gasteiger partial charge in [0, 0.05) is 93.7 Å². The summed E-state index contributed by atoms with van der Waals surface area (Å²) in [4.78, 5) is 32.4. The zero-order valence-corrected chi connectivity index (χ0v) is 47.4. The van der Waals surface area contributed by atoms with E-state index in [-0.39, 0.29) is 36.3 Å². The molecule has 0 saturated carbocycles. The maximum atomic E-state index is 12.4. The van der Waals surface area contributed by atoms with E-state index >= 15 is 0 Å². The maximum absolute atomic E-state index is 12.4. The predicted molar refractivity (Wildman–Crippen MR) is 307 cm³/mol. The number of fused-ring (bicyclic) bond motifs is 2. The molecule has 0 bridgehead atoms. The molecule has 4 heterocycles. The predicted octanol–water partition coefficient (Wildman–Crippen LogP) is 8.89. The number of aromatic nitrogens is 8. The van der Waals surface area contributed by atoms with Crippen LogP contribution in [0.1, 0.15) is 45.2 Å². The molecule has 20 nitrogen and oxygen atoms in total. The smallest absolute Gasteiger partial charge is 0.319 e. The average Bonchev–Trinajstić information content (AvgIpc) is 4.14. The number of amides is 4. The summed E-state index contributed by atoms with van der Waals surface area (Å²) in [7, 11) is 4.17. The molecule has 25 heteroatoms. The molecule has 79 heavy (non-hydrogen) atoms. The SMILES string of the molecule is CN1Cc2c(Cl)cc(Cl)cc2[C@H](c2cccc(-c3nnn(CCOCCOCCNC(=O)Nc4ccc(NC(=O)NCCOCCOCCn5nnc(-c6cccc([C@@H]7CN(C)Cc8c(Cl)cc(Cl)cc87)c6)n5)cc4)n3)c2)C1.Cl. The normalized spacial score (nSPS) is 15.2. The van der Waals surface area contributed by atoms with Crippen molar-refractivity contribution in [2.24, 2.45) is 0 Å². The van der Waals surface area contributed by atoms with E-state index in [0.717, 1.165) is 70.7 Å². The van der Waals surface area contributed by atoms with E-state index < -0.39 is 0 Å². The number of rotatable bonds is 24. The Hall–Kier alpha value is -6.01.